The molecule has 1 aliphatic heterocycles. The van der Waals surface area contributed by atoms with Gasteiger partial charge in [0.25, 0.3) is 0 Å². The largest absolute Gasteiger partial charge is 0.507 e. The molecule has 1 fully saturated rings. The Labute approximate surface area is 161 Å². The maximum absolute atomic E-state index is 11.1. The number of phenols is 1. The number of aliphatic carboxylic acids is 1. The van der Waals surface area contributed by atoms with Gasteiger partial charge >= 0.3 is 5.97 Å². The number of carbonyl (C=O) groups is 1. The van der Waals surface area contributed by atoms with Gasteiger partial charge in [0, 0.05) is 28.7 Å². The quantitative estimate of drug-likeness (QED) is 0.698. The van der Waals surface area contributed by atoms with E-state index in [0.717, 1.165) is 54.5 Å². The number of benzene rings is 1. The maximum atomic E-state index is 11.1. The number of fused-ring (bicyclic) bond motifs is 7. The molecule has 0 saturated heterocycles. The third-order valence-corrected chi connectivity index (χ3v) is 6.80. The Hall–Kier alpha value is -1.97. The van der Waals surface area contributed by atoms with E-state index in [2.05, 4.69) is 19.9 Å². The van der Waals surface area contributed by atoms with Crippen LogP contribution >= 0.6 is 0 Å². The zero-order valence-electron chi connectivity index (χ0n) is 16.6. The number of aromatic hydroxyl groups is 1. The molecule has 2 N–H and O–H groups in total. The fourth-order valence-electron chi connectivity index (χ4n) is 5.32. The van der Waals surface area contributed by atoms with Gasteiger partial charge in [-0.3, -0.25) is 4.79 Å². The summed E-state index contributed by atoms with van der Waals surface area (Å²) in [7, 11) is 0. The van der Waals surface area contributed by atoms with Crippen LogP contribution in [0, 0.1) is 0 Å². The van der Waals surface area contributed by atoms with Crippen molar-refractivity contribution in [2.75, 3.05) is 0 Å². The van der Waals surface area contributed by atoms with Crippen LogP contribution in [0.5, 0.6) is 11.5 Å². The monoisotopic (exact) mass is 370 g/mol. The molecule has 1 saturated carbocycles. The third-order valence-electron chi connectivity index (χ3n) is 6.80. The van der Waals surface area contributed by atoms with E-state index in [9.17, 15) is 9.90 Å². The third kappa shape index (κ3) is 3.13. The van der Waals surface area contributed by atoms with Gasteiger partial charge in [0.1, 0.15) is 17.1 Å². The van der Waals surface area contributed by atoms with Crippen LogP contribution in [-0.4, -0.2) is 21.8 Å². The standard InChI is InChI=1S/C23H30O4/c1-13(2)4-7-16-17-8-10-23(3,11-9-18(24)25)27-22(17)20-15-6-5-14(12-15)19(20)21(16)26/h4,14-15,26H,5-12H2,1-3H3,(H,24,25). The van der Waals surface area contributed by atoms with E-state index in [-0.39, 0.29) is 6.42 Å². The number of rotatable bonds is 5. The van der Waals surface area contributed by atoms with Crippen molar-refractivity contribution in [3.05, 3.63) is 33.9 Å². The molecule has 1 aromatic rings. The Balaban J connectivity index is 1.79. The van der Waals surface area contributed by atoms with E-state index >= 15 is 0 Å². The first kappa shape index (κ1) is 18.4. The summed E-state index contributed by atoms with van der Waals surface area (Å²) >= 11 is 0. The summed E-state index contributed by atoms with van der Waals surface area (Å²) in [6, 6.07) is 0. The number of hydrogen-bond donors (Lipinski definition) is 2. The second-order valence-corrected chi connectivity index (χ2v) is 9.10. The first-order chi connectivity index (χ1) is 12.8. The predicted octanol–water partition coefficient (Wildman–Crippen LogP) is 5.21. The molecule has 1 aromatic carbocycles. The van der Waals surface area contributed by atoms with Crippen LogP contribution in [0.25, 0.3) is 0 Å². The van der Waals surface area contributed by atoms with Crippen molar-refractivity contribution in [1.29, 1.82) is 0 Å². The van der Waals surface area contributed by atoms with Crippen molar-refractivity contribution in [2.45, 2.75) is 89.6 Å². The van der Waals surface area contributed by atoms with Gasteiger partial charge in [0.05, 0.1) is 0 Å². The minimum Gasteiger partial charge on any atom is -0.507 e. The molecular formula is C23H30O4. The number of carboxylic acids is 1. The highest BCUT2D eigenvalue weighted by molar-refractivity contribution is 5.67. The number of carboxylic acid groups (broad SMARTS) is 1. The van der Waals surface area contributed by atoms with Crippen molar-refractivity contribution >= 4 is 5.97 Å². The summed E-state index contributed by atoms with van der Waals surface area (Å²) in [5.41, 5.74) is 5.35. The van der Waals surface area contributed by atoms with Gasteiger partial charge in [0.15, 0.2) is 0 Å². The Morgan fingerprint density at radius 1 is 1.26 bits per heavy atom. The summed E-state index contributed by atoms with van der Waals surface area (Å²) in [4.78, 5) is 11.1. The first-order valence-electron chi connectivity index (χ1n) is 10.2. The van der Waals surface area contributed by atoms with Crippen LogP contribution < -0.4 is 4.74 Å². The molecule has 1 heterocycles. The smallest absolute Gasteiger partial charge is 0.303 e. The van der Waals surface area contributed by atoms with E-state index in [1.807, 2.05) is 6.92 Å². The lowest BCUT2D eigenvalue weighted by Crippen LogP contribution is -2.38. The van der Waals surface area contributed by atoms with Crippen LogP contribution in [0.3, 0.4) is 0 Å². The molecule has 2 aliphatic carbocycles. The molecule has 3 atom stereocenters. The fourth-order valence-corrected chi connectivity index (χ4v) is 5.32. The summed E-state index contributed by atoms with van der Waals surface area (Å²) < 4.78 is 6.57. The average Bonchev–Trinajstić information content (AvgIpc) is 3.22. The first-order valence-corrected chi connectivity index (χ1v) is 10.2. The molecule has 27 heavy (non-hydrogen) atoms. The van der Waals surface area contributed by atoms with Gasteiger partial charge in [-0.1, -0.05) is 11.6 Å². The number of allylic oxidation sites excluding steroid dienone is 2. The SMILES string of the molecule is CC(C)=CCc1c(O)c2c(c3c1CCC(C)(CCC(=O)O)O3)C1CCC2C1. The van der Waals surface area contributed by atoms with E-state index < -0.39 is 11.6 Å². The molecular weight excluding hydrogens is 340 g/mol. The van der Waals surface area contributed by atoms with Crippen molar-refractivity contribution in [1.82, 2.24) is 0 Å². The molecule has 3 aliphatic rings. The predicted molar refractivity (Wildman–Crippen MR) is 105 cm³/mol. The highest BCUT2D eigenvalue weighted by Gasteiger charge is 2.45. The van der Waals surface area contributed by atoms with Crippen LogP contribution in [0.1, 0.15) is 93.4 Å². The van der Waals surface area contributed by atoms with Crippen molar-refractivity contribution in [2.24, 2.45) is 0 Å². The van der Waals surface area contributed by atoms with Crippen LogP contribution in [0.4, 0.5) is 0 Å². The van der Waals surface area contributed by atoms with E-state index in [0.29, 0.717) is 24.0 Å². The Morgan fingerprint density at radius 3 is 2.63 bits per heavy atom. The zero-order chi connectivity index (χ0) is 19.3. The highest BCUT2D eigenvalue weighted by atomic mass is 16.5. The second-order valence-electron chi connectivity index (χ2n) is 9.10. The summed E-state index contributed by atoms with van der Waals surface area (Å²) in [6.07, 6.45) is 8.64. The van der Waals surface area contributed by atoms with E-state index in [4.69, 9.17) is 9.84 Å². The molecule has 146 valence electrons. The molecule has 0 spiro atoms. The van der Waals surface area contributed by atoms with Crippen LogP contribution in [0.2, 0.25) is 0 Å². The molecule has 4 nitrogen and oxygen atoms in total. The van der Waals surface area contributed by atoms with Gasteiger partial charge in [-0.05, 0) is 77.6 Å². The minimum absolute atomic E-state index is 0.128. The molecule has 4 heteroatoms. The van der Waals surface area contributed by atoms with E-state index in [1.165, 1.54) is 17.6 Å². The second kappa shape index (κ2) is 6.57. The number of ether oxygens (including phenoxy) is 1. The van der Waals surface area contributed by atoms with Crippen LogP contribution in [-0.2, 0) is 17.6 Å². The van der Waals surface area contributed by atoms with Gasteiger partial charge in [0.2, 0.25) is 0 Å². The number of hydrogen-bond acceptors (Lipinski definition) is 3. The fraction of sp³-hybridized carbons (Fsp3) is 0.609. The number of phenolic OH excluding ortho intramolecular Hbond substituents is 1. The summed E-state index contributed by atoms with van der Waals surface area (Å²) in [5.74, 6) is 1.66. The van der Waals surface area contributed by atoms with Crippen molar-refractivity contribution in [3.63, 3.8) is 0 Å². The maximum Gasteiger partial charge on any atom is 0.303 e. The van der Waals surface area contributed by atoms with Crippen LogP contribution in [0.15, 0.2) is 11.6 Å². The summed E-state index contributed by atoms with van der Waals surface area (Å²) in [6.45, 7) is 6.21. The van der Waals surface area contributed by atoms with Crippen molar-refractivity contribution in [3.8, 4) is 11.5 Å². The van der Waals surface area contributed by atoms with Gasteiger partial charge in [-0.2, -0.15) is 0 Å². The highest BCUT2D eigenvalue weighted by Crippen LogP contribution is 2.61. The zero-order valence-corrected chi connectivity index (χ0v) is 16.6. The molecule has 0 aromatic heterocycles. The Bertz CT molecular complexity index is 818. The van der Waals surface area contributed by atoms with Gasteiger partial charge < -0.3 is 14.9 Å². The molecule has 0 amide bonds. The summed E-state index contributed by atoms with van der Waals surface area (Å²) in [5, 5.41) is 20.2. The topological polar surface area (TPSA) is 66.8 Å². The molecule has 0 radical (unpaired) electrons. The molecule has 4 rings (SSSR count). The minimum atomic E-state index is -0.773. The van der Waals surface area contributed by atoms with Crippen molar-refractivity contribution < 1.29 is 19.7 Å². The lowest BCUT2D eigenvalue weighted by molar-refractivity contribution is -0.138. The van der Waals surface area contributed by atoms with Gasteiger partial charge in [-0.25, -0.2) is 0 Å². The van der Waals surface area contributed by atoms with E-state index in [1.54, 1.807) is 0 Å². The lowest BCUT2D eigenvalue weighted by atomic mass is 9.80. The Morgan fingerprint density at radius 2 is 1.96 bits per heavy atom. The molecule has 3 unspecified atom stereocenters. The van der Waals surface area contributed by atoms with Gasteiger partial charge in [-0.15, -0.1) is 0 Å². The average molecular weight is 370 g/mol. The Kier molecular flexibility index (Phi) is 4.48. The lowest BCUT2D eigenvalue weighted by Gasteiger charge is -2.39. The molecule has 2 bridgehead atoms. The normalized spacial score (nSPS) is 27.7.